The Morgan fingerprint density at radius 1 is 1.10 bits per heavy atom. The first-order valence-corrected chi connectivity index (χ1v) is 6.38. The van der Waals surface area contributed by atoms with Gasteiger partial charge in [0.25, 0.3) is 0 Å². The van der Waals surface area contributed by atoms with E-state index in [0.717, 1.165) is 18.2 Å². The maximum Gasteiger partial charge on any atom is 0.166 e. The van der Waals surface area contributed by atoms with E-state index in [0.29, 0.717) is 18.6 Å². The summed E-state index contributed by atoms with van der Waals surface area (Å²) in [6.45, 7) is 2.69. The summed E-state index contributed by atoms with van der Waals surface area (Å²) in [5.41, 5.74) is 0.276. The fourth-order valence-corrected chi connectivity index (χ4v) is 1.62. The van der Waals surface area contributed by atoms with Gasteiger partial charge in [-0.3, -0.25) is 4.79 Å². The summed E-state index contributed by atoms with van der Waals surface area (Å²) in [5, 5.41) is 0. The Morgan fingerprint density at radius 3 is 2.40 bits per heavy atom. The molecule has 2 aromatic rings. The monoisotopic (exact) mass is 274 g/mol. The minimum atomic E-state index is -0.569. The van der Waals surface area contributed by atoms with Gasteiger partial charge in [-0.1, -0.05) is 6.92 Å². The van der Waals surface area contributed by atoms with Crippen LogP contribution in [0.15, 0.2) is 42.5 Å². The average Bonchev–Trinajstić information content (AvgIpc) is 2.48. The van der Waals surface area contributed by atoms with Crippen molar-refractivity contribution in [3.63, 3.8) is 0 Å². The lowest BCUT2D eigenvalue weighted by Gasteiger charge is -2.08. The van der Waals surface area contributed by atoms with Crippen LogP contribution in [0.3, 0.4) is 0 Å². The van der Waals surface area contributed by atoms with E-state index in [1.54, 1.807) is 24.3 Å². The molecule has 0 aliphatic carbocycles. The number of aldehydes is 1. The van der Waals surface area contributed by atoms with Gasteiger partial charge in [-0.25, -0.2) is 4.39 Å². The summed E-state index contributed by atoms with van der Waals surface area (Å²) >= 11 is 0. The average molecular weight is 274 g/mol. The molecule has 4 heteroatoms. The second kappa shape index (κ2) is 6.70. The third kappa shape index (κ3) is 3.57. The molecule has 2 rings (SSSR count). The Kier molecular flexibility index (Phi) is 4.71. The van der Waals surface area contributed by atoms with Crippen molar-refractivity contribution in [3.8, 4) is 17.2 Å². The van der Waals surface area contributed by atoms with Crippen molar-refractivity contribution in [2.24, 2.45) is 0 Å². The van der Waals surface area contributed by atoms with E-state index in [9.17, 15) is 9.18 Å². The quantitative estimate of drug-likeness (QED) is 0.740. The second-order valence-electron chi connectivity index (χ2n) is 4.23. The van der Waals surface area contributed by atoms with E-state index in [1.165, 1.54) is 12.1 Å². The van der Waals surface area contributed by atoms with Gasteiger partial charge in [0.2, 0.25) is 0 Å². The smallest absolute Gasteiger partial charge is 0.166 e. The third-order valence-corrected chi connectivity index (χ3v) is 2.62. The summed E-state index contributed by atoms with van der Waals surface area (Å²) in [5.74, 6) is 0.765. The molecule has 0 aromatic heterocycles. The fourth-order valence-electron chi connectivity index (χ4n) is 1.62. The van der Waals surface area contributed by atoms with E-state index in [1.807, 2.05) is 6.92 Å². The highest BCUT2D eigenvalue weighted by molar-refractivity contribution is 5.75. The van der Waals surface area contributed by atoms with Gasteiger partial charge in [0, 0.05) is 5.56 Å². The Morgan fingerprint density at radius 2 is 1.80 bits per heavy atom. The molecule has 104 valence electrons. The van der Waals surface area contributed by atoms with E-state index in [2.05, 4.69) is 0 Å². The van der Waals surface area contributed by atoms with Crippen molar-refractivity contribution in [3.05, 3.63) is 53.8 Å². The Balaban J connectivity index is 2.08. The Hall–Kier alpha value is -2.36. The van der Waals surface area contributed by atoms with Gasteiger partial charge in [0.1, 0.15) is 17.8 Å². The van der Waals surface area contributed by atoms with Gasteiger partial charge >= 0.3 is 0 Å². The molecule has 0 spiro atoms. The molecule has 3 nitrogen and oxygen atoms in total. The van der Waals surface area contributed by atoms with E-state index in [4.69, 9.17) is 9.47 Å². The van der Waals surface area contributed by atoms with Crippen LogP contribution in [0.5, 0.6) is 17.2 Å². The van der Waals surface area contributed by atoms with Crippen LogP contribution >= 0.6 is 0 Å². The first-order chi connectivity index (χ1) is 9.72. The summed E-state index contributed by atoms with van der Waals surface area (Å²) in [6.07, 6.45) is 1.53. The maximum atomic E-state index is 13.7. The molecule has 0 saturated carbocycles. The van der Waals surface area contributed by atoms with Crippen LogP contribution in [-0.2, 0) is 0 Å². The number of rotatable bonds is 6. The number of hydrogen-bond acceptors (Lipinski definition) is 3. The zero-order valence-electron chi connectivity index (χ0n) is 11.1. The highest BCUT2D eigenvalue weighted by atomic mass is 19.1. The first-order valence-electron chi connectivity index (χ1n) is 6.38. The second-order valence-corrected chi connectivity index (χ2v) is 4.23. The van der Waals surface area contributed by atoms with Crippen LogP contribution in [0, 0.1) is 5.82 Å². The Bertz CT molecular complexity index is 579. The highest BCUT2D eigenvalue weighted by Crippen LogP contribution is 2.26. The molecule has 0 heterocycles. The van der Waals surface area contributed by atoms with Crippen LogP contribution in [-0.4, -0.2) is 12.9 Å². The highest BCUT2D eigenvalue weighted by Gasteiger charge is 2.06. The van der Waals surface area contributed by atoms with Crippen LogP contribution in [0.1, 0.15) is 23.7 Å². The van der Waals surface area contributed by atoms with E-state index in [-0.39, 0.29) is 11.3 Å². The molecule has 0 radical (unpaired) electrons. The minimum Gasteiger partial charge on any atom is -0.494 e. The first kappa shape index (κ1) is 14.1. The number of hydrogen-bond donors (Lipinski definition) is 0. The Labute approximate surface area is 117 Å². The fraction of sp³-hybridized carbons (Fsp3) is 0.188. The van der Waals surface area contributed by atoms with E-state index < -0.39 is 5.82 Å². The molecule has 0 unspecified atom stereocenters. The van der Waals surface area contributed by atoms with Crippen molar-refractivity contribution in [2.75, 3.05) is 6.61 Å². The topological polar surface area (TPSA) is 35.5 Å². The minimum absolute atomic E-state index is 0.0813. The molecule has 0 saturated heterocycles. The molecule has 0 aliphatic rings. The van der Waals surface area contributed by atoms with E-state index >= 15 is 0 Å². The standard InChI is InChI=1S/C16H15FO3/c1-2-9-19-13-4-6-14(7-5-13)20-16-8-3-12(11-18)10-15(16)17/h3-8,10-11H,2,9H2,1H3. The molecule has 0 amide bonds. The molecule has 0 atom stereocenters. The maximum absolute atomic E-state index is 13.7. The molecule has 0 aliphatic heterocycles. The third-order valence-electron chi connectivity index (χ3n) is 2.62. The lowest BCUT2D eigenvalue weighted by molar-refractivity contribution is 0.112. The van der Waals surface area contributed by atoms with Gasteiger partial charge in [-0.15, -0.1) is 0 Å². The van der Waals surface area contributed by atoms with Crippen molar-refractivity contribution in [1.82, 2.24) is 0 Å². The van der Waals surface area contributed by atoms with Gasteiger partial charge in [0.15, 0.2) is 11.6 Å². The summed E-state index contributed by atoms with van der Waals surface area (Å²) < 4.78 is 24.5. The van der Waals surface area contributed by atoms with Crippen molar-refractivity contribution in [1.29, 1.82) is 0 Å². The van der Waals surface area contributed by atoms with Crippen LogP contribution in [0.2, 0.25) is 0 Å². The predicted molar refractivity (Wildman–Crippen MR) is 74.1 cm³/mol. The molecular weight excluding hydrogens is 259 g/mol. The molecule has 0 fully saturated rings. The van der Waals surface area contributed by atoms with Gasteiger partial charge in [-0.2, -0.15) is 0 Å². The van der Waals surface area contributed by atoms with Crippen LogP contribution in [0.4, 0.5) is 4.39 Å². The summed E-state index contributed by atoms with van der Waals surface area (Å²) in [6, 6.07) is 11.0. The van der Waals surface area contributed by atoms with Crippen molar-refractivity contribution >= 4 is 6.29 Å². The van der Waals surface area contributed by atoms with Gasteiger partial charge in [0.05, 0.1) is 6.61 Å². The molecule has 20 heavy (non-hydrogen) atoms. The number of ether oxygens (including phenoxy) is 2. The lowest BCUT2D eigenvalue weighted by Crippen LogP contribution is -1.95. The number of carbonyl (C=O) groups excluding carboxylic acids is 1. The predicted octanol–water partition coefficient (Wildman–Crippen LogP) is 4.22. The summed E-state index contributed by atoms with van der Waals surface area (Å²) in [7, 11) is 0. The van der Waals surface area contributed by atoms with Crippen LogP contribution in [0.25, 0.3) is 0 Å². The molecular formula is C16H15FO3. The number of carbonyl (C=O) groups is 1. The lowest BCUT2D eigenvalue weighted by atomic mass is 10.2. The number of halogens is 1. The van der Waals surface area contributed by atoms with Gasteiger partial charge < -0.3 is 9.47 Å². The number of benzene rings is 2. The van der Waals surface area contributed by atoms with Gasteiger partial charge in [-0.05, 0) is 48.9 Å². The largest absolute Gasteiger partial charge is 0.494 e. The molecule has 0 bridgehead atoms. The normalized spacial score (nSPS) is 10.1. The van der Waals surface area contributed by atoms with Crippen molar-refractivity contribution < 1.29 is 18.7 Å². The summed E-state index contributed by atoms with van der Waals surface area (Å²) in [4.78, 5) is 10.5. The SMILES string of the molecule is CCCOc1ccc(Oc2ccc(C=O)cc2F)cc1. The van der Waals surface area contributed by atoms with Crippen molar-refractivity contribution in [2.45, 2.75) is 13.3 Å². The zero-order chi connectivity index (χ0) is 14.4. The molecule has 0 N–H and O–H groups in total. The zero-order valence-corrected chi connectivity index (χ0v) is 11.1. The molecule has 2 aromatic carbocycles. The van der Waals surface area contributed by atoms with Crippen LogP contribution < -0.4 is 9.47 Å².